The number of aliphatic hydroxyl groups is 10. The summed E-state index contributed by atoms with van der Waals surface area (Å²) in [5, 5.41) is 106. The molecule has 3 aliphatic rings. The molecule has 0 aromatic carbocycles. The smallest absolute Gasteiger partial charge is 0.187 e. The highest BCUT2D eigenvalue weighted by Crippen LogP contribution is 2.33. The fourth-order valence-electron chi connectivity index (χ4n) is 11.3. The maximum atomic E-state index is 11.4. The lowest BCUT2D eigenvalue weighted by Crippen LogP contribution is -2.66. The quantitative estimate of drug-likeness (QED) is 0.0201. The minimum absolute atomic E-state index is 0.0764. The van der Waals surface area contributed by atoms with E-state index < -0.39 is 118 Å². The maximum Gasteiger partial charge on any atom is 0.187 e. The predicted octanol–water partition coefficient (Wildman–Crippen LogP) is 8.73. The summed E-state index contributed by atoms with van der Waals surface area (Å²) in [6.45, 7) is 3.33. The van der Waals surface area contributed by atoms with E-state index in [1.54, 1.807) is 0 Å². The summed E-state index contributed by atoms with van der Waals surface area (Å²) in [4.78, 5) is 0. The third-order valence-corrected chi connectivity index (χ3v) is 17.0. The molecule has 0 spiro atoms. The van der Waals surface area contributed by atoms with Gasteiger partial charge in [0.2, 0.25) is 0 Å². The average molecular weight is 1260 g/mol. The SMILES string of the molecule is CCCCCCCCCCCCC#CC#CCCCCCCCCCOC[C@H](CO[C@@H]1O[C@H](CO)[C@@H](O[C@H]2O[C@H](CO)[C@@H](O[C@H]3O[C@H](CO)[C@@H](O)[C@H](O)[C@H]3O)[C@H](O)[C@H]2O)[C@H](O)[C@H]1O)OCCCCCCCCCC#CC#CCCCCCCCCCCCC. The first-order valence-electron chi connectivity index (χ1n) is 35.1. The molecule has 0 aromatic heterocycles. The van der Waals surface area contributed by atoms with Gasteiger partial charge in [0.05, 0.1) is 33.0 Å². The van der Waals surface area contributed by atoms with Gasteiger partial charge in [0, 0.05) is 38.9 Å². The molecule has 89 heavy (non-hydrogen) atoms. The Hall–Kier alpha value is -2.48. The molecule has 3 heterocycles. The summed E-state index contributed by atoms with van der Waals surface area (Å²) in [7, 11) is 0. The van der Waals surface area contributed by atoms with Crippen molar-refractivity contribution in [2.45, 2.75) is 356 Å². The Morgan fingerprint density at radius 2 is 0.640 bits per heavy atom. The summed E-state index contributed by atoms with van der Waals surface area (Å²) in [6, 6.07) is 0. The second kappa shape index (κ2) is 53.8. The van der Waals surface area contributed by atoms with Crippen LogP contribution in [0.5, 0.6) is 0 Å². The average Bonchev–Trinajstić information content (AvgIpc) is 1.22. The zero-order valence-electron chi connectivity index (χ0n) is 54.8. The molecule has 18 heteroatoms. The lowest BCUT2D eigenvalue weighted by Gasteiger charge is -2.48. The number of unbranched alkanes of at least 4 members (excludes halogenated alkanes) is 34. The van der Waals surface area contributed by atoms with E-state index >= 15 is 0 Å². The zero-order chi connectivity index (χ0) is 64.4. The standard InChI is InChI=1S/C71H122O18/c1-3-5-7-9-11-13-15-17-19-21-23-25-27-29-31-33-35-37-39-41-43-45-47-49-82-54-56(83-50-48-46-44-42-40-38-36-34-32-30-28-26-24-22-20-18-16-14-12-10-8-6-4-2)55-84-69-65(80)62(77)67(58(52-73)86-69)89-71-66(81)63(78)68(59(53-74)87-71)88-70-64(79)61(76)60(75)57(51-72)85-70/h56-81H,3-24,33-55H2,1-2H3/t56-,57-,58-,59-,60-,61+,62-,63-,64-,65-,66-,67-,68-,69-,70-,71-/m1/s1. The van der Waals surface area contributed by atoms with Crippen LogP contribution in [0.3, 0.4) is 0 Å². The third kappa shape index (κ3) is 35.6. The van der Waals surface area contributed by atoms with Crippen LogP contribution < -0.4 is 0 Å². The molecule has 3 aliphatic heterocycles. The lowest BCUT2D eigenvalue weighted by atomic mass is 9.96. The van der Waals surface area contributed by atoms with Crippen LogP contribution in [0.15, 0.2) is 0 Å². The van der Waals surface area contributed by atoms with E-state index in [1.807, 2.05) is 0 Å². The van der Waals surface area contributed by atoms with Gasteiger partial charge in [-0.05, 0) is 62.2 Å². The van der Waals surface area contributed by atoms with Gasteiger partial charge in [-0.25, -0.2) is 0 Å². The van der Waals surface area contributed by atoms with E-state index in [2.05, 4.69) is 61.2 Å². The molecule has 0 bridgehead atoms. The number of hydrogen-bond donors (Lipinski definition) is 10. The Kier molecular flexibility index (Phi) is 48.9. The van der Waals surface area contributed by atoms with Crippen LogP contribution >= 0.6 is 0 Å². The Labute approximate surface area is 536 Å². The molecule has 0 aromatic rings. The van der Waals surface area contributed by atoms with Crippen LogP contribution in [0.2, 0.25) is 0 Å². The molecular weight excluding hydrogens is 1140 g/mol. The highest BCUT2D eigenvalue weighted by molar-refractivity contribution is 5.26. The van der Waals surface area contributed by atoms with E-state index in [1.165, 1.54) is 122 Å². The van der Waals surface area contributed by atoms with Crippen molar-refractivity contribution in [2.24, 2.45) is 0 Å². The first kappa shape index (κ1) is 80.8. The fraction of sp³-hybridized carbons (Fsp3) is 0.887. The van der Waals surface area contributed by atoms with E-state index in [9.17, 15) is 51.1 Å². The number of aliphatic hydroxyl groups excluding tert-OH is 10. The van der Waals surface area contributed by atoms with Crippen LogP contribution in [0, 0.1) is 47.4 Å². The molecule has 3 rings (SSSR count). The van der Waals surface area contributed by atoms with Crippen molar-refractivity contribution in [3.8, 4) is 47.4 Å². The van der Waals surface area contributed by atoms with Gasteiger partial charge in [0.1, 0.15) is 79.4 Å². The molecule has 3 saturated heterocycles. The summed E-state index contributed by atoms with van der Waals surface area (Å²) in [6.07, 6.45) is 19.5. The van der Waals surface area contributed by atoms with E-state index in [0.29, 0.717) is 13.2 Å². The Balaban J connectivity index is 1.40. The Morgan fingerprint density at radius 1 is 0.326 bits per heavy atom. The Bertz CT molecular complexity index is 1950. The van der Waals surface area contributed by atoms with Gasteiger partial charge < -0.3 is 89.0 Å². The topological polar surface area (TPSA) is 276 Å². The van der Waals surface area contributed by atoms with Crippen molar-refractivity contribution in [3.63, 3.8) is 0 Å². The molecule has 0 radical (unpaired) electrons. The molecular formula is C71H122O18. The van der Waals surface area contributed by atoms with Crippen molar-refractivity contribution >= 4 is 0 Å². The monoisotopic (exact) mass is 1260 g/mol. The highest BCUT2D eigenvalue weighted by atomic mass is 16.8. The van der Waals surface area contributed by atoms with Gasteiger partial charge in [-0.1, -0.05) is 217 Å². The molecule has 0 saturated carbocycles. The zero-order valence-corrected chi connectivity index (χ0v) is 54.8. The number of rotatable bonds is 51. The van der Waals surface area contributed by atoms with Gasteiger partial charge in [0.25, 0.3) is 0 Å². The lowest BCUT2D eigenvalue weighted by molar-refractivity contribution is -0.380. The normalized spacial score (nSPS) is 27.1. The summed E-state index contributed by atoms with van der Waals surface area (Å²) in [5.74, 6) is 25.0. The second-order valence-electron chi connectivity index (χ2n) is 24.7. The molecule has 10 N–H and O–H groups in total. The number of ether oxygens (including phenoxy) is 8. The maximum absolute atomic E-state index is 11.4. The van der Waals surface area contributed by atoms with Crippen molar-refractivity contribution in [2.75, 3.05) is 46.2 Å². The molecule has 0 aliphatic carbocycles. The molecule has 0 unspecified atom stereocenters. The summed E-state index contributed by atoms with van der Waals surface area (Å²) < 4.78 is 46.9. The summed E-state index contributed by atoms with van der Waals surface area (Å²) in [5.41, 5.74) is 0. The van der Waals surface area contributed by atoms with Gasteiger partial charge in [-0.3, -0.25) is 0 Å². The second-order valence-corrected chi connectivity index (χ2v) is 24.7. The van der Waals surface area contributed by atoms with Crippen LogP contribution in [0.4, 0.5) is 0 Å². The van der Waals surface area contributed by atoms with Gasteiger partial charge in [-0.2, -0.15) is 0 Å². The van der Waals surface area contributed by atoms with Crippen LogP contribution in [0.25, 0.3) is 0 Å². The van der Waals surface area contributed by atoms with E-state index in [0.717, 1.165) is 122 Å². The first-order chi connectivity index (χ1) is 43.5. The minimum atomic E-state index is -1.94. The molecule has 3 fully saturated rings. The van der Waals surface area contributed by atoms with Crippen molar-refractivity contribution in [1.29, 1.82) is 0 Å². The van der Waals surface area contributed by atoms with Crippen molar-refractivity contribution in [3.05, 3.63) is 0 Å². The van der Waals surface area contributed by atoms with E-state index in [-0.39, 0.29) is 13.2 Å². The van der Waals surface area contributed by atoms with E-state index in [4.69, 9.17) is 37.9 Å². The predicted molar refractivity (Wildman–Crippen MR) is 343 cm³/mol. The highest BCUT2D eigenvalue weighted by Gasteiger charge is 2.53. The Morgan fingerprint density at radius 3 is 1.02 bits per heavy atom. The fourth-order valence-corrected chi connectivity index (χ4v) is 11.3. The first-order valence-corrected chi connectivity index (χ1v) is 35.1. The van der Waals surface area contributed by atoms with Crippen LogP contribution in [-0.4, -0.2) is 196 Å². The summed E-state index contributed by atoms with van der Waals surface area (Å²) >= 11 is 0. The van der Waals surface area contributed by atoms with Crippen molar-refractivity contribution in [1.82, 2.24) is 0 Å². The van der Waals surface area contributed by atoms with Crippen LogP contribution in [0.1, 0.15) is 258 Å². The van der Waals surface area contributed by atoms with Crippen molar-refractivity contribution < 1.29 is 89.0 Å². The van der Waals surface area contributed by atoms with Gasteiger partial charge >= 0.3 is 0 Å². The van der Waals surface area contributed by atoms with Gasteiger partial charge in [0.15, 0.2) is 18.9 Å². The molecule has 16 atom stereocenters. The van der Waals surface area contributed by atoms with Gasteiger partial charge in [-0.15, -0.1) is 0 Å². The third-order valence-electron chi connectivity index (χ3n) is 17.0. The molecule has 0 amide bonds. The largest absolute Gasteiger partial charge is 0.394 e. The van der Waals surface area contributed by atoms with Crippen LogP contribution in [-0.2, 0) is 37.9 Å². The molecule has 18 nitrogen and oxygen atoms in total. The number of hydrogen-bond acceptors (Lipinski definition) is 18. The molecule has 514 valence electrons. The minimum Gasteiger partial charge on any atom is -0.394 e.